The average Bonchev–Trinajstić information content (AvgIpc) is 2.64. The molecule has 1 aromatic heterocycles. The maximum Gasteiger partial charge on any atom is 0.141 e. The summed E-state index contributed by atoms with van der Waals surface area (Å²) in [6.07, 6.45) is 0. The SMILES string of the molecule is CCn1nc(C)c(-c2ccc(OC)c(N)c2)c1C. The number of hydrogen-bond acceptors (Lipinski definition) is 3. The van der Waals surface area contributed by atoms with Crippen molar-refractivity contribution in [3.8, 4) is 16.9 Å². The van der Waals surface area contributed by atoms with Crippen molar-refractivity contribution in [2.75, 3.05) is 12.8 Å². The first kappa shape index (κ1) is 12.5. The van der Waals surface area contributed by atoms with Crippen LogP contribution < -0.4 is 10.5 Å². The van der Waals surface area contributed by atoms with Gasteiger partial charge in [0.15, 0.2) is 0 Å². The molecule has 0 amide bonds. The summed E-state index contributed by atoms with van der Waals surface area (Å²) in [5.41, 5.74) is 11.0. The molecule has 4 heteroatoms. The molecular formula is C14H19N3O. The molecule has 0 aliphatic rings. The molecule has 0 saturated heterocycles. The van der Waals surface area contributed by atoms with Crippen LogP contribution in [0.2, 0.25) is 0 Å². The van der Waals surface area contributed by atoms with E-state index in [0.29, 0.717) is 11.4 Å². The number of ether oxygens (including phenoxy) is 1. The number of aryl methyl sites for hydroxylation is 2. The van der Waals surface area contributed by atoms with Crippen molar-refractivity contribution in [2.45, 2.75) is 27.3 Å². The van der Waals surface area contributed by atoms with Crippen LogP contribution in [0.3, 0.4) is 0 Å². The molecule has 18 heavy (non-hydrogen) atoms. The first-order valence-electron chi connectivity index (χ1n) is 6.06. The lowest BCUT2D eigenvalue weighted by Gasteiger charge is -2.08. The lowest BCUT2D eigenvalue weighted by atomic mass is 10.0. The van der Waals surface area contributed by atoms with Crippen LogP contribution in [-0.2, 0) is 6.54 Å². The van der Waals surface area contributed by atoms with Crippen LogP contribution in [0.25, 0.3) is 11.1 Å². The Labute approximate surface area is 107 Å². The van der Waals surface area contributed by atoms with Gasteiger partial charge < -0.3 is 10.5 Å². The predicted molar refractivity (Wildman–Crippen MR) is 73.8 cm³/mol. The highest BCUT2D eigenvalue weighted by Gasteiger charge is 2.13. The number of benzene rings is 1. The molecule has 0 aliphatic heterocycles. The highest BCUT2D eigenvalue weighted by atomic mass is 16.5. The Kier molecular flexibility index (Phi) is 3.28. The number of anilines is 1. The minimum Gasteiger partial charge on any atom is -0.495 e. The molecule has 0 radical (unpaired) electrons. The Bertz CT molecular complexity index is 573. The lowest BCUT2D eigenvalue weighted by molar-refractivity contribution is 0.417. The van der Waals surface area contributed by atoms with Crippen LogP contribution in [0.15, 0.2) is 18.2 Å². The lowest BCUT2D eigenvalue weighted by Crippen LogP contribution is -1.98. The fraction of sp³-hybridized carbons (Fsp3) is 0.357. The molecule has 96 valence electrons. The van der Waals surface area contributed by atoms with E-state index in [1.54, 1.807) is 7.11 Å². The third-order valence-electron chi connectivity index (χ3n) is 3.20. The van der Waals surface area contributed by atoms with Gasteiger partial charge in [0, 0.05) is 17.8 Å². The minimum absolute atomic E-state index is 0.651. The third-order valence-corrected chi connectivity index (χ3v) is 3.20. The van der Waals surface area contributed by atoms with Crippen LogP contribution in [0.4, 0.5) is 5.69 Å². The van der Waals surface area contributed by atoms with Gasteiger partial charge in [-0.25, -0.2) is 0 Å². The summed E-state index contributed by atoms with van der Waals surface area (Å²) in [5, 5.41) is 4.52. The molecule has 4 nitrogen and oxygen atoms in total. The van der Waals surface area contributed by atoms with Crippen molar-refractivity contribution in [3.05, 3.63) is 29.6 Å². The second-order valence-corrected chi connectivity index (χ2v) is 4.32. The standard InChI is InChI=1S/C14H19N3O/c1-5-17-10(3)14(9(2)16-17)11-6-7-13(18-4)12(15)8-11/h6-8H,5,15H2,1-4H3. The number of nitrogen functional groups attached to an aromatic ring is 1. The quantitative estimate of drug-likeness (QED) is 0.846. The Morgan fingerprint density at radius 2 is 2.06 bits per heavy atom. The predicted octanol–water partition coefficient (Wildman–Crippen LogP) is 2.78. The number of aromatic nitrogens is 2. The van der Waals surface area contributed by atoms with Crippen molar-refractivity contribution in [2.24, 2.45) is 0 Å². The summed E-state index contributed by atoms with van der Waals surface area (Å²) in [5.74, 6) is 0.705. The monoisotopic (exact) mass is 245 g/mol. The fourth-order valence-corrected chi connectivity index (χ4v) is 2.31. The number of hydrogen-bond donors (Lipinski definition) is 1. The van der Waals surface area contributed by atoms with Crippen LogP contribution in [0.1, 0.15) is 18.3 Å². The van der Waals surface area contributed by atoms with Crippen molar-refractivity contribution < 1.29 is 4.74 Å². The first-order chi connectivity index (χ1) is 8.58. The Morgan fingerprint density at radius 3 is 2.56 bits per heavy atom. The molecule has 0 bridgehead atoms. The molecule has 0 saturated carbocycles. The molecule has 0 aliphatic carbocycles. The van der Waals surface area contributed by atoms with Gasteiger partial charge in [-0.1, -0.05) is 6.07 Å². The zero-order valence-corrected chi connectivity index (χ0v) is 11.3. The summed E-state index contributed by atoms with van der Waals surface area (Å²) in [4.78, 5) is 0. The van der Waals surface area contributed by atoms with Crippen molar-refractivity contribution in [1.29, 1.82) is 0 Å². The number of rotatable bonds is 3. The van der Waals surface area contributed by atoms with E-state index in [4.69, 9.17) is 10.5 Å². The summed E-state index contributed by atoms with van der Waals surface area (Å²) < 4.78 is 7.18. The molecule has 2 rings (SSSR count). The molecule has 0 unspecified atom stereocenters. The van der Waals surface area contributed by atoms with Crippen molar-refractivity contribution >= 4 is 5.69 Å². The number of methoxy groups -OCH3 is 1. The molecule has 2 N–H and O–H groups in total. The van der Waals surface area contributed by atoms with Gasteiger partial charge in [0.25, 0.3) is 0 Å². The van der Waals surface area contributed by atoms with Gasteiger partial charge in [-0.2, -0.15) is 5.10 Å². The van der Waals surface area contributed by atoms with E-state index < -0.39 is 0 Å². The van der Waals surface area contributed by atoms with Gasteiger partial charge in [-0.15, -0.1) is 0 Å². The van der Waals surface area contributed by atoms with Crippen LogP contribution in [-0.4, -0.2) is 16.9 Å². The van der Waals surface area contributed by atoms with Crippen LogP contribution in [0, 0.1) is 13.8 Å². The Hall–Kier alpha value is -1.97. The van der Waals surface area contributed by atoms with Gasteiger partial charge in [-0.3, -0.25) is 4.68 Å². The largest absolute Gasteiger partial charge is 0.495 e. The van der Waals surface area contributed by atoms with Crippen molar-refractivity contribution in [1.82, 2.24) is 9.78 Å². The second-order valence-electron chi connectivity index (χ2n) is 4.32. The van der Waals surface area contributed by atoms with E-state index in [1.807, 2.05) is 29.8 Å². The summed E-state index contributed by atoms with van der Waals surface area (Å²) in [7, 11) is 1.62. The first-order valence-corrected chi connectivity index (χ1v) is 6.06. The molecular weight excluding hydrogens is 226 g/mol. The molecule has 0 spiro atoms. The molecule has 0 fully saturated rings. The smallest absolute Gasteiger partial charge is 0.141 e. The second kappa shape index (κ2) is 4.72. The van der Waals surface area contributed by atoms with Gasteiger partial charge in [0.05, 0.1) is 18.5 Å². The van der Waals surface area contributed by atoms with E-state index in [9.17, 15) is 0 Å². The van der Waals surface area contributed by atoms with Gasteiger partial charge >= 0.3 is 0 Å². The van der Waals surface area contributed by atoms with Crippen molar-refractivity contribution in [3.63, 3.8) is 0 Å². The zero-order chi connectivity index (χ0) is 13.3. The maximum absolute atomic E-state index is 5.96. The van der Waals surface area contributed by atoms with E-state index in [2.05, 4.69) is 18.9 Å². The average molecular weight is 245 g/mol. The molecule has 1 aromatic carbocycles. The van der Waals surface area contributed by atoms with E-state index >= 15 is 0 Å². The highest BCUT2D eigenvalue weighted by Crippen LogP contribution is 2.32. The number of nitrogens with zero attached hydrogens (tertiary/aromatic N) is 2. The third kappa shape index (κ3) is 1.94. The minimum atomic E-state index is 0.651. The normalized spacial score (nSPS) is 10.7. The van der Waals surface area contributed by atoms with Crippen LogP contribution in [0.5, 0.6) is 5.75 Å². The van der Waals surface area contributed by atoms with E-state index in [0.717, 1.165) is 23.4 Å². The molecule has 2 aromatic rings. The summed E-state index contributed by atoms with van der Waals surface area (Å²) in [6, 6.07) is 5.86. The number of nitrogens with two attached hydrogens (primary N) is 1. The summed E-state index contributed by atoms with van der Waals surface area (Å²) >= 11 is 0. The van der Waals surface area contributed by atoms with E-state index in [-0.39, 0.29) is 0 Å². The highest BCUT2D eigenvalue weighted by molar-refractivity contribution is 5.73. The maximum atomic E-state index is 5.96. The van der Waals surface area contributed by atoms with Gasteiger partial charge in [-0.05, 0) is 38.5 Å². The zero-order valence-electron chi connectivity index (χ0n) is 11.3. The van der Waals surface area contributed by atoms with Gasteiger partial charge in [0.2, 0.25) is 0 Å². The Balaban J connectivity index is 2.55. The summed E-state index contributed by atoms with van der Waals surface area (Å²) in [6.45, 7) is 7.07. The molecule has 0 atom stereocenters. The fourth-order valence-electron chi connectivity index (χ4n) is 2.31. The Morgan fingerprint density at radius 1 is 1.33 bits per heavy atom. The van der Waals surface area contributed by atoms with Crippen LogP contribution >= 0.6 is 0 Å². The van der Waals surface area contributed by atoms with E-state index in [1.165, 1.54) is 5.69 Å². The molecule has 1 heterocycles. The van der Waals surface area contributed by atoms with Gasteiger partial charge in [0.1, 0.15) is 5.75 Å². The topological polar surface area (TPSA) is 53.1 Å².